The van der Waals surface area contributed by atoms with Crippen molar-refractivity contribution < 1.29 is 0 Å². The Bertz CT molecular complexity index is 510. The van der Waals surface area contributed by atoms with Gasteiger partial charge in [0.2, 0.25) is 0 Å². The zero-order chi connectivity index (χ0) is 12.4. The van der Waals surface area contributed by atoms with Crippen molar-refractivity contribution in [3.05, 3.63) is 30.5 Å². The van der Waals surface area contributed by atoms with Crippen molar-refractivity contribution in [2.75, 3.05) is 13.1 Å². The molecule has 1 aliphatic heterocycles. The number of imidazole rings is 1. The number of aromatic nitrogens is 4. The maximum atomic E-state index is 4.50. The van der Waals surface area contributed by atoms with Crippen LogP contribution in [0.4, 0.5) is 0 Å². The second kappa shape index (κ2) is 4.86. The standard InChI is InChI=1S/C13H17N5/c1-18-5-4-15-13(18)12-9-16-11(8-17-12)6-10-2-3-14-7-10/h4-5,8-10,14H,2-3,6-7H2,1H3/t10-/m1/s1. The third-order valence-corrected chi connectivity index (χ3v) is 3.42. The molecular formula is C13H17N5. The average molecular weight is 243 g/mol. The summed E-state index contributed by atoms with van der Waals surface area (Å²) in [4.78, 5) is 13.2. The molecule has 0 amide bonds. The van der Waals surface area contributed by atoms with Crippen LogP contribution in [-0.4, -0.2) is 32.6 Å². The quantitative estimate of drug-likeness (QED) is 0.874. The molecule has 0 aliphatic carbocycles. The van der Waals surface area contributed by atoms with E-state index >= 15 is 0 Å². The van der Waals surface area contributed by atoms with E-state index in [4.69, 9.17) is 0 Å². The monoisotopic (exact) mass is 243 g/mol. The molecule has 0 radical (unpaired) electrons. The van der Waals surface area contributed by atoms with Crippen LogP contribution < -0.4 is 5.32 Å². The largest absolute Gasteiger partial charge is 0.333 e. The second-order valence-corrected chi connectivity index (χ2v) is 4.82. The van der Waals surface area contributed by atoms with Gasteiger partial charge in [0.25, 0.3) is 0 Å². The van der Waals surface area contributed by atoms with Crippen molar-refractivity contribution in [2.45, 2.75) is 12.8 Å². The van der Waals surface area contributed by atoms with Crippen LogP contribution in [0.15, 0.2) is 24.8 Å². The highest BCUT2D eigenvalue weighted by molar-refractivity contribution is 5.47. The van der Waals surface area contributed by atoms with E-state index in [1.807, 2.05) is 30.2 Å². The highest BCUT2D eigenvalue weighted by atomic mass is 15.1. The maximum absolute atomic E-state index is 4.50. The first-order chi connectivity index (χ1) is 8.83. The molecule has 1 saturated heterocycles. The Kier molecular flexibility index (Phi) is 3.06. The summed E-state index contributed by atoms with van der Waals surface area (Å²) in [7, 11) is 1.96. The molecule has 3 heterocycles. The number of aryl methyl sites for hydroxylation is 1. The van der Waals surface area contributed by atoms with Gasteiger partial charge in [0.05, 0.1) is 11.9 Å². The molecule has 0 saturated carbocycles. The summed E-state index contributed by atoms with van der Waals surface area (Å²) in [6.45, 7) is 2.23. The molecule has 5 heteroatoms. The molecule has 1 aliphatic rings. The molecule has 1 atom stereocenters. The predicted molar refractivity (Wildman–Crippen MR) is 68.9 cm³/mol. The Morgan fingerprint density at radius 3 is 2.89 bits per heavy atom. The Balaban J connectivity index is 1.74. The van der Waals surface area contributed by atoms with Gasteiger partial charge in [-0.2, -0.15) is 0 Å². The summed E-state index contributed by atoms with van der Waals surface area (Å²) in [5.74, 6) is 1.56. The first-order valence-corrected chi connectivity index (χ1v) is 6.32. The molecule has 18 heavy (non-hydrogen) atoms. The zero-order valence-corrected chi connectivity index (χ0v) is 10.5. The van der Waals surface area contributed by atoms with E-state index in [-0.39, 0.29) is 0 Å². The van der Waals surface area contributed by atoms with Crippen LogP contribution in [0.1, 0.15) is 12.1 Å². The third-order valence-electron chi connectivity index (χ3n) is 3.42. The molecular weight excluding hydrogens is 226 g/mol. The minimum absolute atomic E-state index is 0.707. The number of rotatable bonds is 3. The fourth-order valence-corrected chi connectivity index (χ4v) is 2.37. The van der Waals surface area contributed by atoms with Crippen molar-refractivity contribution in [1.82, 2.24) is 24.8 Å². The van der Waals surface area contributed by atoms with Crippen LogP contribution in [0.5, 0.6) is 0 Å². The third kappa shape index (κ3) is 2.26. The van der Waals surface area contributed by atoms with Gasteiger partial charge in [0, 0.05) is 25.6 Å². The highest BCUT2D eigenvalue weighted by Gasteiger charge is 2.15. The summed E-state index contributed by atoms with van der Waals surface area (Å²) in [5.41, 5.74) is 1.90. The zero-order valence-electron chi connectivity index (χ0n) is 10.5. The number of nitrogens with one attached hydrogen (secondary N) is 1. The molecule has 2 aromatic heterocycles. The molecule has 3 rings (SSSR count). The summed E-state index contributed by atoms with van der Waals surface area (Å²) < 4.78 is 1.95. The topological polar surface area (TPSA) is 55.6 Å². The highest BCUT2D eigenvalue weighted by Crippen LogP contribution is 2.16. The lowest BCUT2D eigenvalue weighted by atomic mass is 10.0. The Morgan fingerprint density at radius 2 is 2.28 bits per heavy atom. The van der Waals surface area contributed by atoms with Gasteiger partial charge in [0.1, 0.15) is 5.69 Å². The van der Waals surface area contributed by atoms with Gasteiger partial charge < -0.3 is 9.88 Å². The van der Waals surface area contributed by atoms with E-state index in [9.17, 15) is 0 Å². The lowest BCUT2D eigenvalue weighted by Crippen LogP contribution is -2.11. The molecule has 94 valence electrons. The van der Waals surface area contributed by atoms with E-state index in [0.717, 1.165) is 36.7 Å². The van der Waals surface area contributed by atoms with E-state index < -0.39 is 0 Å². The van der Waals surface area contributed by atoms with Crippen LogP contribution in [0.3, 0.4) is 0 Å². The summed E-state index contributed by atoms with van der Waals surface area (Å²) in [5, 5.41) is 3.37. The van der Waals surface area contributed by atoms with Gasteiger partial charge in [-0.15, -0.1) is 0 Å². The number of nitrogens with zero attached hydrogens (tertiary/aromatic N) is 4. The second-order valence-electron chi connectivity index (χ2n) is 4.82. The molecule has 0 bridgehead atoms. The van der Waals surface area contributed by atoms with E-state index in [1.54, 1.807) is 6.20 Å². The van der Waals surface area contributed by atoms with Gasteiger partial charge in [0.15, 0.2) is 5.82 Å². The first-order valence-electron chi connectivity index (χ1n) is 6.32. The van der Waals surface area contributed by atoms with E-state index in [2.05, 4.69) is 20.3 Å². The van der Waals surface area contributed by atoms with Crippen LogP contribution >= 0.6 is 0 Å². The minimum atomic E-state index is 0.707. The van der Waals surface area contributed by atoms with Gasteiger partial charge in [-0.05, 0) is 31.8 Å². The maximum Gasteiger partial charge on any atom is 0.159 e. The molecule has 0 spiro atoms. The van der Waals surface area contributed by atoms with Crippen LogP contribution in [-0.2, 0) is 13.5 Å². The van der Waals surface area contributed by atoms with Crippen molar-refractivity contribution >= 4 is 0 Å². The number of hydrogen-bond acceptors (Lipinski definition) is 4. The van der Waals surface area contributed by atoms with Crippen molar-refractivity contribution in [2.24, 2.45) is 13.0 Å². The first kappa shape index (κ1) is 11.3. The molecule has 2 aromatic rings. The van der Waals surface area contributed by atoms with Crippen molar-refractivity contribution in [3.63, 3.8) is 0 Å². The predicted octanol–water partition coefficient (Wildman–Crippen LogP) is 1.03. The normalized spacial score (nSPS) is 19.3. The van der Waals surface area contributed by atoms with Gasteiger partial charge in [-0.1, -0.05) is 0 Å². The fourth-order valence-electron chi connectivity index (χ4n) is 2.37. The Morgan fingerprint density at radius 1 is 1.33 bits per heavy atom. The molecule has 1 fully saturated rings. The van der Waals surface area contributed by atoms with Crippen LogP contribution in [0, 0.1) is 5.92 Å². The van der Waals surface area contributed by atoms with Crippen molar-refractivity contribution in [1.29, 1.82) is 0 Å². The molecule has 0 unspecified atom stereocenters. The lowest BCUT2D eigenvalue weighted by Gasteiger charge is -2.07. The van der Waals surface area contributed by atoms with E-state index in [0.29, 0.717) is 5.92 Å². The average Bonchev–Trinajstić information content (AvgIpc) is 3.02. The lowest BCUT2D eigenvalue weighted by molar-refractivity contribution is 0.570. The van der Waals surface area contributed by atoms with Gasteiger partial charge in [-0.25, -0.2) is 9.97 Å². The minimum Gasteiger partial charge on any atom is -0.333 e. The number of hydrogen-bond donors (Lipinski definition) is 1. The SMILES string of the molecule is Cn1ccnc1-c1cnc(C[C@H]2CCNC2)cn1. The summed E-state index contributed by atoms with van der Waals surface area (Å²) in [6.07, 6.45) is 9.64. The molecule has 0 aromatic carbocycles. The summed E-state index contributed by atoms with van der Waals surface area (Å²) in [6, 6.07) is 0. The molecule has 5 nitrogen and oxygen atoms in total. The van der Waals surface area contributed by atoms with E-state index in [1.165, 1.54) is 6.42 Å². The van der Waals surface area contributed by atoms with Crippen LogP contribution in [0.25, 0.3) is 11.5 Å². The Hall–Kier alpha value is -1.75. The smallest absolute Gasteiger partial charge is 0.159 e. The Labute approximate surface area is 106 Å². The van der Waals surface area contributed by atoms with Crippen LogP contribution in [0.2, 0.25) is 0 Å². The van der Waals surface area contributed by atoms with Gasteiger partial charge in [-0.3, -0.25) is 4.98 Å². The summed E-state index contributed by atoms with van der Waals surface area (Å²) >= 11 is 0. The van der Waals surface area contributed by atoms with Gasteiger partial charge >= 0.3 is 0 Å². The van der Waals surface area contributed by atoms with Crippen molar-refractivity contribution in [3.8, 4) is 11.5 Å². The molecule has 1 N–H and O–H groups in total. The fraction of sp³-hybridized carbons (Fsp3) is 0.462.